The molecule has 1 aromatic carbocycles. The minimum Gasteiger partial charge on any atom is -0.331 e. The van der Waals surface area contributed by atoms with Crippen molar-refractivity contribution in [2.24, 2.45) is 4.99 Å². The zero-order valence-corrected chi connectivity index (χ0v) is 13.3. The topological polar surface area (TPSA) is 32.7 Å². The SMILES string of the molecule is O=C1c2cc(I)cc(I)c2N=C[C@@H]2CCCN12. The Kier molecular flexibility index (Phi) is 3.14. The van der Waals surface area contributed by atoms with E-state index in [-0.39, 0.29) is 11.9 Å². The Morgan fingerprint density at radius 2 is 2.18 bits per heavy atom. The second kappa shape index (κ2) is 4.49. The van der Waals surface area contributed by atoms with Crippen LogP contribution in [-0.2, 0) is 0 Å². The Hall–Kier alpha value is -0.180. The summed E-state index contributed by atoms with van der Waals surface area (Å²) in [5.41, 5.74) is 1.59. The van der Waals surface area contributed by atoms with Gasteiger partial charge in [0.05, 0.1) is 17.3 Å². The molecule has 1 fully saturated rings. The highest BCUT2D eigenvalue weighted by molar-refractivity contribution is 14.1. The quantitative estimate of drug-likeness (QED) is 0.557. The maximum absolute atomic E-state index is 12.5. The van der Waals surface area contributed by atoms with Crippen molar-refractivity contribution in [3.63, 3.8) is 0 Å². The van der Waals surface area contributed by atoms with Crippen LogP contribution >= 0.6 is 45.2 Å². The molecule has 3 rings (SSSR count). The van der Waals surface area contributed by atoms with E-state index in [9.17, 15) is 4.79 Å². The third-order valence-corrected chi connectivity index (χ3v) is 4.64. The minimum atomic E-state index is 0.136. The van der Waals surface area contributed by atoms with Crippen LogP contribution in [0.5, 0.6) is 0 Å². The van der Waals surface area contributed by atoms with Crippen LogP contribution in [0.3, 0.4) is 0 Å². The first-order chi connectivity index (χ1) is 8.16. The van der Waals surface area contributed by atoms with Crippen molar-refractivity contribution >= 4 is 63.0 Å². The van der Waals surface area contributed by atoms with Gasteiger partial charge in [-0.3, -0.25) is 9.79 Å². The Bertz CT molecular complexity index is 527. The fourth-order valence-electron chi connectivity index (χ4n) is 2.38. The molecule has 2 aliphatic heterocycles. The van der Waals surface area contributed by atoms with Crippen LogP contribution in [0, 0.1) is 7.14 Å². The lowest BCUT2D eigenvalue weighted by atomic mass is 10.1. The normalized spacial score (nSPS) is 22.4. The number of hydrogen-bond donors (Lipinski definition) is 0. The first-order valence-corrected chi connectivity index (χ1v) is 7.67. The predicted octanol–water partition coefficient (Wildman–Crippen LogP) is 3.22. The zero-order valence-electron chi connectivity index (χ0n) is 8.99. The number of benzene rings is 1. The van der Waals surface area contributed by atoms with Crippen molar-refractivity contribution in [1.82, 2.24) is 4.90 Å². The molecule has 0 spiro atoms. The van der Waals surface area contributed by atoms with Gasteiger partial charge in [-0.1, -0.05) is 0 Å². The molecule has 0 N–H and O–H groups in total. The minimum absolute atomic E-state index is 0.136. The van der Waals surface area contributed by atoms with Crippen LogP contribution in [0.2, 0.25) is 0 Å². The second-order valence-electron chi connectivity index (χ2n) is 4.27. The molecule has 88 valence electrons. The summed E-state index contributed by atoms with van der Waals surface area (Å²) in [6.45, 7) is 0.858. The molecule has 0 unspecified atom stereocenters. The lowest BCUT2D eigenvalue weighted by Crippen LogP contribution is -2.35. The molecule has 17 heavy (non-hydrogen) atoms. The third kappa shape index (κ3) is 2.00. The average Bonchev–Trinajstić information content (AvgIpc) is 2.69. The molecule has 2 aliphatic rings. The van der Waals surface area contributed by atoms with E-state index in [1.54, 1.807) is 0 Å². The van der Waals surface area contributed by atoms with Crippen molar-refractivity contribution in [2.75, 3.05) is 6.54 Å². The number of fused-ring (bicyclic) bond motifs is 2. The van der Waals surface area contributed by atoms with Crippen molar-refractivity contribution in [3.05, 3.63) is 24.8 Å². The van der Waals surface area contributed by atoms with Crippen molar-refractivity contribution < 1.29 is 4.79 Å². The molecule has 2 heterocycles. The smallest absolute Gasteiger partial charge is 0.256 e. The number of hydrogen-bond acceptors (Lipinski definition) is 2. The third-order valence-electron chi connectivity index (χ3n) is 3.19. The summed E-state index contributed by atoms with van der Waals surface area (Å²) in [7, 11) is 0. The molecule has 1 aromatic rings. The molecule has 0 aromatic heterocycles. The molecule has 3 nitrogen and oxygen atoms in total. The van der Waals surface area contributed by atoms with E-state index >= 15 is 0 Å². The van der Waals surface area contributed by atoms with Gasteiger partial charge in [-0.15, -0.1) is 0 Å². The van der Waals surface area contributed by atoms with Crippen LogP contribution in [0.25, 0.3) is 0 Å². The predicted molar refractivity (Wildman–Crippen MR) is 84.1 cm³/mol. The average molecular weight is 452 g/mol. The molecule has 0 radical (unpaired) electrons. The summed E-state index contributed by atoms with van der Waals surface area (Å²) in [5, 5.41) is 0. The number of carbonyl (C=O) groups is 1. The lowest BCUT2D eigenvalue weighted by Gasteiger charge is -2.20. The highest BCUT2D eigenvalue weighted by Crippen LogP contribution is 2.33. The Morgan fingerprint density at radius 1 is 1.35 bits per heavy atom. The molecule has 0 saturated carbocycles. The monoisotopic (exact) mass is 452 g/mol. The van der Waals surface area contributed by atoms with Gasteiger partial charge < -0.3 is 4.90 Å². The van der Waals surface area contributed by atoms with Gasteiger partial charge in [-0.25, -0.2) is 0 Å². The van der Waals surface area contributed by atoms with Crippen molar-refractivity contribution in [1.29, 1.82) is 0 Å². The number of amides is 1. The number of carbonyl (C=O) groups excluding carboxylic acids is 1. The van der Waals surface area contributed by atoms with Gasteiger partial charge in [0, 0.05) is 19.9 Å². The molecular weight excluding hydrogens is 442 g/mol. The summed E-state index contributed by atoms with van der Waals surface area (Å²) in [4.78, 5) is 18.9. The van der Waals surface area contributed by atoms with E-state index in [0.29, 0.717) is 0 Å². The zero-order chi connectivity index (χ0) is 12.0. The van der Waals surface area contributed by atoms with Gasteiger partial charge in [-0.2, -0.15) is 0 Å². The van der Waals surface area contributed by atoms with Crippen molar-refractivity contribution in [3.8, 4) is 0 Å². The molecular formula is C12H10I2N2O. The van der Waals surface area contributed by atoms with Gasteiger partial charge in [0.1, 0.15) is 0 Å². The highest BCUT2D eigenvalue weighted by Gasteiger charge is 2.32. The molecule has 1 amide bonds. The van der Waals surface area contributed by atoms with Crippen LogP contribution in [0.4, 0.5) is 5.69 Å². The first-order valence-electron chi connectivity index (χ1n) is 5.51. The summed E-state index contributed by atoms with van der Waals surface area (Å²) in [6.07, 6.45) is 4.06. The highest BCUT2D eigenvalue weighted by atomic mass is 127. The standard InChI is InChI=1S/C12H10I2N2O/c13-7-4-9-11(10(14)5-7)15-6-8-2-1-3-16(8)12(9)17/h4-6,8H,1-3H2/t8-/m0/s1. The fraction of sp³-hybridized carbons (Fsp3) is 0.333. The number of aliphatic imine (C=N–C) groups is 1. The van der Waals surface area contributed by atoms with E-state index in [2.05, 4.69) is 56.2 Å². The molecule has 0 aliphatic carbocycles. The summed E-state index contributed by atoms with van der Waals surface area (Å²) < 4.78 is 2.14. The van der Waals surface area contributed by atoms with E-state index in [1.165, 1.54) is 0 Å². The van der Waals surface area contributed by atoms with Gasteiger partial charge in [0.2, 0.25) is 0 Å². The number of rotatable bonds is 0. The van der Waals surface area contributed by atoms with Gasteiger partial charge in [0.25, 0.3) is 5.91 Å². The molecule has 1 atom stereocenters. The summed E-state index contributed by atoms with van der Waals surface area (Å²) in [6, 6.07) is 4.20. The van der Waals surface area contributed by atoms with Crippen LogP contribution < -0.4 is 0 Å². The number of nitrogens with zero attached hydrogens (tertiary/aromatic N) is 2. The molecule has 0 bridgehead atoms. The van der Waals surface area contributed by atoms with Gasteiger partial charge >= 0.3 is 0 Å². The van der Waals surface area contributed by atoms with Gasteiger partial charge in [-0.05, 0) is 70.2 Å². The Balaban J connectivity index is 2.18. The Labute approximate surface area is 127 Å². The van der Waals surface area contributed by atoms with E-state index in [4.69, 9.17) is 0 Å². The summed E-state index contributed by atoms with van der Waals surface area (Å²) in [5.74, 6) is 0.136. The molecule has 1 saturated heterocycles. The van der Waals surface area contributed by atoms with E-state index in [0.717, 1.165) is 37.8 Å². The number of halogens is 2. The Morgan fingerprint density at radius 3 is 3.00 bits per heavy atom. The van der Waals surface area contributed by atoms with E-state index in [1.807, 2.05) is 17.2 Å². The first kappa shape index (κ1) is 11.9. The van der Waals surface area contributed by atoms with Crippen LogP contribution in [0.1, 0.15) is 23.2 Å². The maximum atomic E-state index is 12.5. The van der Waals surface area contributed by atoms with E-state index < -0.39 is 0 Å². The molecule has 5 heteroatoms. The maximum Gasteiger partial charge on any atom is 0.256 e. The largest absolute Gasteiger partial charge is 0.331 e. The van der Waals surface area contributed by atoms with Crippen molar-refractivity contribution in [2.45, 2.75) is 18.9 Å². The lowest BCUT2D eigenvalue weighted by molar-refractivity contribution is 0.0775. The summed E-state index contributed by atoms with van der Waals surface area (Å²) >= 11 is 4.50. The van der Waals surface area contributed by atoms with Crippen LogP contribution in [0.15, 0.2) is 17.1 Å². The van der Waals surface area contributed by atoms with Crippen LogP contribution in [-0.4, -0.2) is 29.6 Å². The fourth-order valence-corrected chi connectivity index (χ4v) is 4.36. The second-order valence-corrected chi connectivity index (χ2v) is 6.68. The van der Waals surface area contributed by atoms with Gasteiger partial charge in [0.15, 0.2) is 0 Å².